The first-order valence-corrected chi connectivity index (χ1v) is 11.9. The van der Waals surface area contributed by atoms with Crippen LogP contribution < -0.4 is 10.5 Å². The lowest BCUT2D eigenvalue weighted by Gasteiger charge is -2.22. The molecule has 28 heavy (non-hydrogen) atoms. The van der Waals surface area contributed by atoms with E-state index in [1.807, 2.05) is 0 Å². The highest BCUT2D eigenvalue weighted by Gasteiger charge is 2.23. The lowest BCUT2D eigenvalue weighted by Crippen LogP contribution is -2.26. The second-order valence-corrected chi connectivity index (χ2v) is 9.92. The van der Waals surface area contributed by atoms with Gasteiger partial charge in [0.2, 0.25) is 10.0 Å². The van der Waals surface area contributed by atoms with Crippen molar-refractivity contribution >= 4 is 45.3 Å². The van der Waals surface area contributed by atoms with Crippen LogP contribution in [-0.4, -0.2) is 39.2 Å². The lowest BCUT2D eigenvalue weighted by atomic mass is 10.0. The number of amides is 1. The van der Waals surface area contributed by atoms with Crippen molar-refractivity contribution < 1.29 is 22.7 Å². The lowest BCUT2D eigenvalue weighted by molar-refractivity contribution is -0.140. The fourth-order valence-corrected chi connectivity index (χ4v) is 5.58. The zero-order valence-corrected chi connectivity index (χ0v) is 18.1. The first kappa shape index (κ1) is 23.0. The number of esters is 1. The minimum atomic E-state index is -4.06. The van der Waals surface area contributed by atoms with E-state index in [-0.39, 0.29) is 34.4 Å². The predicted octanol–water partition coefficient (Wildman–Crippen LogP) is 3.10. The van der Waals surface area contributed by atoms with Gasteiger partial charge in [-0.15, -0.1) is 11.8 Å². The fraction of sp³-hybridized carbons (Fsp3) is 0.556. The second kappa shape index (κ2) is 10.5. The smallest absolute Gasteiger partial charge is 0.305 e. The van der Waals surface area contributed by atoms with Crippen LogP contribution in [0.5, 0.6) is 0 Å². The van der Waals surface area contributed by atoms with Crippen LogP contribution in [0.1, 0.15) is 55.3 Å². The number of carbonyl (C=O) groups is 2. The summed E-state index contributed by atoms with van der Waals surface area (Å²) in [5, 5.41) is 8.30. The molecular weight excluding hydrogens is 424 g/mol. The van der Waals surface area contributed by atoms with Crippen molar-refractivity contribution in [3.8, 4) is 0 Å². The summed E-state index contributed by atoms with van der Waals surface area (Å²) in [5.74, 6) is -0.782. The molecule has 1 aromatic rings. The number of hydrogen-bond donors (Lipinski definition) is 2. The number of ether oxygens (including phenoxy) is 1. The maximum absolute atomic E-state index is 12.7. The summed E-state index contributed by atoms with van der Waals surface area (Å²) in [6.07, 6.45) is 6.16. The van der Waals surface area contributed by atoms with Gasteiger partial charge in [0.25, 0.3) is 5.91 Å². The average Bonchev–Trinajstić information content (AvgIpc) is 2.64. The average molecular weight is 449 g/mol. The van der Waals surface area contributed by atoms with Gasteiger partial charge in [-0.3, -0.25) is 9.59 Å². The van der Waals surface area contributed by atoms with Crippen LogP contribution in [-0.2, 0) is 19.6 Å². The molecule has 0 aliphatic heterocycles. The van der Waals surface area contributed by atoms with E-state index in [2.05, 4.69) is 10.1 Å². The summed E-state index contributed by atoms with van der Waals surface area (Å²) < 4.78 is 28.2. The largest absolute Gasteiger partial charge is 0.469 e. The number of thioether (sulfide) groups is 1. The number of carbonyl (C=O) groups excluding carboxylic acids is 2. The molecule has 1 fully saturated rings. The summed E-state index contributed by atoms with van der Waals surface area (Å²) in [7, 11) is -2.76. The molecular formula is C18H25ClN2O5S2. The topological polar surface area (TPSA) is 116 Å². The van der Waals surface area contributed by atoms with Crippen LogP contribution in [0.2, 0.25) is 5.02 Å². The van der Waals surface area contributed by atoms with E-state index in [0.29, 0.717) is 16.6 Å². The number of sulfonamides is 1. The van der Waals surface area contributed by atoms with E-state index in [9.17, 15) is 18.0 Å². The Bertz CT molecular complexity index is 824. The van der Waals surface area contributed by atoms with Crippen LogP contribution in [0.15, 0.2) is 21.9 Å². The van der Waals surface area contributed by atoms with E-state index in [4.69, 9.17) is 16.7 Å². The van der Waals surface area contributed by atoms with Crippen LogP contribution >= 0.6 is 23.4 Å². The summed E-state index contributed by atoms with van der Waals surface area (Å²) in [6.45, 7) is 0.259. The zero-order chi connectivity index (χ0) is 20.7. The monoisotopic (exact) mass is 448 g/mol. The maximum Gasteiger partial charge on any atom is 0.305 e. The summed E-state index contributed by atoms with van der Waals surface area (Å²) >= 11 is 7.68. The van der Waals surface area contributed by atoms with E-state index >= 15 is 0 Å². The minimum absolute atomic E-state index is 0.00282. The van der Waals surface area contributed by atoms with Crippen molar-refractivity contribution in [2.75, 3.05) is 13.7 Å². The Kier molecular flexibility index (Phi) is 8.60. The molecule has 0 heterocycles. The number of rotatable bonds is 8. The standard InChI is InChI=1S/C18H25ClN2O5S2/c1-26-17(22)8-5-9-21-18(23)13-10-16(28(20,24)25)14(19)11-15(13)27-12-6-3-2-4-7-12/h10-12H,2-9H2,1H3,(H,21,23)(H2,20,24,25). The van der Waals surface area contributed by atoms with Crippen molar-refractivity contribution in [2.24, 2.45) is 5.14 Å². The number of halogens is 1. The zero-order valence-electron chi connectivity index (χ0n) is 15.7. The van der Waals surface area contributed by atoms with E-state index in [1.165, 1.54) is 25.7 Å². The van der Waals surface area contributed by atoms with Gasteiger partial charge in [-0.2, -0.15) is 0 Å². The van der Waals surface area contributed by atoms with Crippen molar-refractivity contribution in [2.45, 2.75) is 60.0 Å². The van der Waals surface area contributed by atoms with Gasteiger partial charge in [0.1, 0.15) is 4.90 Å². The third-order valence-electron chi connectivity index (χ3n) is 4.50. The van der Waals surface area contributed by atoms with Crippen molar-refractivity contribution in [1.82, 2.24) is 5.32 Å². The van der Waals surface area contributed by atoms with Gasteiger partial charge in [0.05, 0.1) is 17.7 Å². The molecule has 1 aliphatic carbocycles. The molecule has 1 saturated carbocycles. The van der Waals surface area contributed by atoms with E-state index < -0.39 is 15.9 Å². The molecule has 0 radical (unpaired) electrons. The third-order valence-corrected chi connectivity index (χ3v) is 7.27. The molecule has 0 aromatic heterocycles. The first-order chi connectivity index (χ1) is 13.2. The Morgan fingerprint density at radius 3 is 2.57 bits per heavy atom. The molecule has 0 saturated heterocycles. The fourth-order valence-electron chi connectivity index (χ4n) is 3.02. The highest BCUT2D eigenvalue weighted by atomic mass is 35.5. The Morgan fingerprint density at radius 2 is 1.96 bits per heavy atom. The first-order valence-electron chi connectivity index (χ1n) is 9.10. The molecule has 156 valence electrons. The Hall–Kier alpha value is -1.29. The number of nitrogens with two attached hydrogens (primary N) is 1. The van der Waals surface area contributed by atoms with E-state index in [0.717, 1.165) is 25.7 Å². The normalized spacial score (nSPS) is 15.2. The minimum Gasteiger partial charge on any atom is -0.469 e. The highest BCUT2D eigenvalue weighted by molar-refractivity contribution is 8.00. The molecule has 1 aliphatic rings. The van der Waals surface area contributed by atoms with Crippen molar-refractivity contribution in [1.29, 1.82) is 0 Å². The van der Waals surface area contributed by atoms with Gasteiger partial charge in [0.15, 0.2) is 0 Å². The van der Waals surface area contributed by atoms with Crippen molar-refractivity contribution in [3.63, 3.8) is 0 Å². The Labute approximate surface area is 174 Å². The van der Waals surface area contributed by atoms with Gasteiger partial charge in [-0.25, -0.2) is 13.6 Å². The van der Waals surface area contributed by atoms with Gasteiger partial charge in [0, 0.05) is 23.1 Å². The highest BCUT2D eigenvalue weighted by Crippen LogP contribution is 2.38. The molecule has 0 atom stereocenters. The van der Waals surface area contributed by atoms with Gasteiger partial charge in [-0.1, -0.05) is 30.9 Å². The molecule has 1 amide bonds. The summed E-state index contributed by atoms with van der Waals surface area (Å²) in [6, 6.07) is 2.74. The molecule has 0 bridgehead atoms. The molecule has 3 N–H and O–H groups in total. The molecule has 0 unspecified atom stereocenters. The van der Waals surface area contributed by atoms with Crippen molar-refractivity contribution in [3.05, 3.63) is 22.7 Å². The number of methoxy groups -OCH3 is 1. The summed E-state index contributed by atoms with van der Waals surface area (Å²) in [4.78, 5) is 24.2. The molecule has 2 rings (SSSR count). The summed E-state index contributed by atoms with van der Waals surface area (Å²) in [5.41, 5.74) is 0.224. The van der Waals surface area contributed by atoms with E-state index in [1.54, 1.807) is 11.8 Å². The third kappa shape index (κ3) is 6.65. The second-order valence-electron chi connectivity index (χ2n) is 6.64. The van der Waals surface area contributed by atoms with Gasteiger partial charge < -0.3 is 10.1 Å². The Balaban J connectivity index is 2.21. The molecule has 1 aromatic carbocycles. The molecule has 0 spiro atoms. The predicted molar refractivity (Wildman–Crippen MR) is 109 cm³/mol. The van der Waals surface area contributed by atoms with Gasteiger partial charge >= 0.3 is 5.97 Å². The molecule has 10 heteroatoms. The number of nitrogens with one attached hydrogen (secondary N) is 1. The van der Waals surface area contributed by atoms with Crippen LogP contribution in [0.4, 0.5) is 0 Å². The van der Waals surface area contributed by atoms with Crippen LogP contribution in [0.3, 0.4) is 0 Å². The molecule has 7 nitrogen and oxygen atoms in total. The number of hydrogen-bond acceptors (Lipinski definition) is 6. The number of primary sulfonamides is 1. The SMILES string of the molecule is COC(=O)CCCNC(=O)c1cc(S(N)(=O)=O)c(Cl)cc1SC1CCCCC1. The van der Waals surface area contributed by atoms with Crippen LogP contribution in [0.25, 0.3) is 0 Å². The number of benzene rings is 1. The quantitative estimate of drug-likeness (QED) is 0.466. The maximum atomic E-state index is 12.7. The Morgan fingerprint density at radius 1 is 1.29 bits per heavy atom. The van der Waals surface area contributed by atoms with Crippen LogP contribution in [0, 0.1) is 0 Å². The van der Waals surface area contributed by atoms with Gasteiger partial charge in [-0.05, 0) is 31.4 Å².